The monoisotopic (exact) mass is 265 g/mol. The van der Waals surface area contributed by atoms with E-state index >= 15 is 0 Å². The molecule has 1 aromatic rings. The third-order valence-electron chi connectivity index (χ3n) is 3.67. The number of ether oxygens (including phenoxy) is 1. The van der Waals surface area contributed by atoms with Gasteiger partial charge in [-0.15, -0.1) is 0 Å². The maximum atomic E-state index is 11.9. The molecular formula is C13H19N3O3. The molecule has 1 saturated carbocycles. The molecule has 1 aromatic heterocycles. The van der Waals surface area contributed by atoms with Gasteiger partial charge in [0.1, 0.15) is 5.60 Å². The number of rotatable bonds is 1. The molecule has 3 atom stereocenters. The van der Waals surface area contributed by atoms with Gasteiger partial charge >= 0.3 is 6.09 Å². The second kappa shape index (κ2) is 3.95. The fraction of sp³-hybridized carbons (Fsp3) is 0.769. The van der Waals surface area contributed by atoms with Crippen molar-refractivity contribution in [1.29, 1.82) is 0 Å². The number of carbonyl (C=O) groups is 1. The first kappa shape index (κ1) is 12.4. The molecule has 1 aliphatic carbocycles. The van der Waals surface area contributed by atoms with Crippen LogP contribution in [0.4, 0.5) is 4.79 Å². The molecule has 2 aliphatic rings. The van der Waals surface area contributed by atoms with E-state index in [1.54, 1.807) is 4.90 Å². The third kappa shape index (κ3) is 2.31. The van der Waals surface area contributed by atoms with Crippen molar-refractivity contribution in [3.05, 3.63) is 11.7 Å². The zero-order valence-corrected chi connectivity index (χ0v) is 11.7. The Morgan fingerprint density at radius 1 is 1.37 bits per heavy atom. The molecule has 2 fully saturated rings. The number of aromatic nitrogens is 2. The highest BCUT2D eigenvalue weighted by molar-refractivity contribution is 5.69. The summed E-state index contributed by atoms with van der Waals surface area (Å²) in [5, 5.41) is 3.82. The van der Waals surface area contributed by atoms with E-state index in [0.29, 0.717) is 23.6 Å². The van der Waals surface area contributed by atoms with Crippen LogP contribution in [0.15, 0.2) is 4.52 Å². The van der Waals surface area contributed by atoms with E-state index in [4.69, 9.17) is 9.26 Å². The summed E-state index contributed by atoms with van der Waals surface area (Å²) in [6.07, 6.45) is -0.222. The summed E-state index contributed by atoms with van der Waals surface area (Å²) >= 11 is 0. The van der Waals surface area contributed by atoms with E-state index in [0.717, 1.165) is 19.0 Å². The van der Waals surface area contributed by atoms with Crippen LogP contribution in [0.5, 0.6) is 0 Å². The van der Waals surface area contributed by atoms with E-state index in [-0.39, 0.29) is 6.09 Å². The molecule has 2 unspecified atom stereocenters. The SMILES string of the molecule is Cc1noc(C2C3CN(C(=O)OC(C)(C)C)C[C@@H]32)n1. The van der Waals surface area contributed by atoms with Gasteiger partial charge in [0.25, 0.3) is 0 Å². The maximum absolute atomic E-state index is 11.9. The van der Waals surface area contributed by atoms with Crippen LogP contribution in [0.2, 0.25) is 0 Å². The molecule has 0 aromatic carbocycles. The second-order valence-corrected chi connectivity index (χ2v) is 6.42. The number of hydrogen-bond donors (Lipinski definition) is 0. The fourth-order valence-corrected chi connectivity index (χ4v) is 2.82. The molecule has 19 heavy (non-hydrogen) atoms. The highest BCUT2D eigenvalue weighted by atomic mass is 16.6. The van der Waals surface area contributed by atoms with Crippen molar-refractivity contribution in [3.63, 3.8) is 0 Å². The number of fused-ring (bicyclic) bond motifs is 1. The topological polar surface area (TPSA) is 68.5 Å². The Hall–Kier alpha value is -1.59. The standard InChI is InChI=1S/C13H19N3O3/c1-7-14-11(19-15-7)10-8-5-16(6-9(8)10)12(17)18-13(2,3)4/h8-10H,5-6H2,1-4H3/t8-,9?,10?/m0/s1. The van der Waals surface area contributed by atoms with Gasteiger partial charge in [0.05, 0.1) is 0 Å². The lowest BCUT2D eigenvalue weighted by Gasteiger charge is -2.25. The summed E-state index contributed by atoms with van der Waals surface area (Å²) in [6, 6.07) is 0. The molecule has 1 saturated heterocycles. The molecule has 3 rings (SSSR count). The zero-order valence-electron chi connectivity index (χ0n) is 11.7. The number of likely N-dealkylation sites (tertiary alicyclic amines) is 1. The lowest BCUT2D eigenvalue weighted by atomic mass is 10.2. The number of amides is 1. The van der Waals surface area contributed by atoms with Gasteiger partial charge in [-0.1, -0.05) is 5.16 Å². The van der Waals surface area contributed by atoms with Crippen LogP contribution < -0.4 is 0 Å². The highest BCUT2D eigenvalue weighted by Crippen LogP contribution is 2.57. The molecule has 0 radical (unpaired) electrons. The Morgan fingerprint density at radius 3 is 2.47 bits per heavy atom. The van der Waals surface area contributed by atoms with Crippen LogP contribution in [0.1, 0.15) is 38.4 Å². The van der Waals surface area contributed by atoms with Crippen molar-refractivity contribution < 1.29 is 14.1 Å². The molecule has 1 aliphatic heterocycles. The fourth-order valence-electron chi connectivity index (χ4n) is 2.82. The minimum absolute atomic E-state index is 0.222. The summed E-state index contributed by atoms with van der Waals surface area (Å²) in [6.45, 7) is 8.92. The Labute approximate surface area is 112 Å². The van der Waals surface area contributed by atoms with Gasteiger partial charge in [-0.3, -0.25) is 0 Å². The van der Waals surface area contributed by atoms with Gasteiger partial charge in [-0.2, -0.15) is 4.98 Å². The summed E-state index contributed by atoms with van der Waals surface area (Å²) in [5.74, 6) is 2.62. The van der Waals surface area contributed by atoms with E-state index in [9.17, 15) is 4.79 Å². The molecular weight excluding hydrogens is 246 g/mol. The van der Waals surface area contributed by atoms with E-state index in [1.807, 2.05) is 27.7 Å². The van der Waals surface area contributed by atoms with Crippen LogP contribution in [-0.4, -0.2) is 39.8 Å². The third-order valence-corrected chi connectivity index (χ3v) is 3.67. The number of piperidine rings is 1. The van der Waals surface area contributed by atoms with Crippen LogP contribution in [0.3, 0.4) is 0 Å². The van der Waals surface area contributed by atoms with E-state index in [1.165, 1.54) is 0 Å². The highest BCUT2D eigenvalue weighted by Gasteiger charge is 2.60. The van der Waals surface area contributed by atoms with Crippen molar-refractivity contribution in [2.45, 2.75) is 39.2 Å². The predicted molar refractivity (Wildman–Crippen MR) is 66.6 cm³/mol. The molecule has 0 bridgehead atoms. The molecule has 0 spiro atoms. The predicted octanol–water partition coefficient (Wildman–Crippen LogP) is 1.96. The number of hydrogen-bond acceptors (Lipinski definition) is 5. The van der Waals surface area contributed by atoms with Gasteiger partial charge < -0.3 is 14.2 Å². The largest absolute Gasteiger partial charge is 0.444 e. The average Bonchev–Trinajstić information content (AvgIpc) is 2.67. The summed E-state index contributed by atoms with van der Waals surface area (Å²) in [7, 11) is 0. The van der Waals surface area contributed by atoms with Crippen LogP contribution in [-0.2, 0) is 4.74 Å². The van der Waals surface area contributed by atoms with Crippen molar-refractivity contribution in [2.75, 3.05) is 13.1 Å². The Bertz CT molecular complexity index is 493. The van der Waals surface area contributed by atoms with Crippen molar-refractivity contribution >= 4 is 6.09 Å². The van der Waals surface area contributed by atoms with Gasteiger partial charge in [0, 0.05) is 19.0 Å². The first-order valence-corrected chi connectivity index (χ1v) is 6.63. The molecule has 1 amide bonds. The Balaban J connectivity index is 1.57. The van der Waals surface area contributed by atoms with Gasteiger partial charge in [0.2, 0.25) is 5.89 Å². The first-order valence-electron chi connectivity index (χ1n) is 6.63. The number of carbonyl (C=O) groups excluding carboxylic acids is 1. The van der Waals surface area contributed by atoms with Crippen molar-refractivity contribution in [2.24, 2.45) is 11.8 Å². The summed E-state index contributed by atoms with van der Waals surface area (Å²) in [4.78, 5) is 18.0. The first-order chi connectivity index (χ1) is 8.85. The number of aryl methyl sites for hydroxylation is 1. The summed E-state index contributed by atoms with van der Waals surface area (Å²) < 4.78 is 10.6. The van der Waals surface area contributed by atoms with Gasteiger partial charge in [-0.05, 0) is 39.5 Å². The smallest absolute Gasteiger partial charge is 0.410 e. The van der Waals surface area contributed by atoms with Crippen LogP contribution >= 0.6 is 0 Å². The van der Waals surface area contributed by atoms with Gasteiger partial charge in [-0.25, -0.2) is 4.79 Å². The lowest BCUT2D eigenvalue weighted by molar-refractivity contribution is 0.0269. The molecule has 6 heteroatoms. The second-order valence-electron chi connectivity index (χ2n) is 6.42. The van der Waals surface area contributed by atoms with Crippen LogP contribution in [0, 0.1) is 18.8 Å². The van der Waals surface area contributed by atoms with E-state index in [2.05, 4.69) is 10.1 Å². The molecule has 0 N–H and O–H groups in total. The minimum Gasteiger partial charge on any atom is -0.444 e. The molecule has 6 nitrogen and oxygen atoms in total. The Kier molecular flexibility index (Phi) is 2.59. The maximum Gasteiger partial charge on any atom is 0.410 e. The van der Waals surface area contributed by atoms with Crippen molar-refractivity contribution in [1.82, 2.24) is 15.0 Å². The quantitative estimate of drug-likeness (QED) is 0.776. The minimum atomic E-state index is -0.438. The van der Waals surface area contributed by atoms with Crippen molar-refractivity contribution in [3.8, 4) is 0 Å². The lowest BCUT2D eigenvalue weighted by Crippen LogP contribution is -2.36. The Morgan fingerprint density at radius 2 is 2.00 bits per heavy atom. The average molecular weight is 265 g/mol. The number of nitrogens with zero attached hydrogens (tertiary/aromatic N) is 3. The van der Waals surface area contributed by atoms with Gasteiger partial charge in [0.15, 0.2) is 5.82 Å². The molecule has 2 heterocycles. The zero-order chi connectivity index (χ0) is 13.8. The van der Waals surface area contributed by atoms with Crippen LogP contribution in [0.25, 0.3) is 0 Å². The molecule has 104 valence electrons. The van der Waals surface area contributed by atoms with E-state index < -0.39 is 5.60 Å². The normalized spacial score (nSPS) is 29.3. The summed E-state index contributed by atoms with van der Waals surface area (Å²) in [5.41, 5.74) is -0.438.